The van der Waals surface area contributed by atoms with Crippen molar-refractivity contribution in [2.75, 3.05) is 6.61 Å². The number of hydrogen-bond donors (Lipinski definition) is 0. The summed E-state index contributed by atoms with van der Waals surface area (Å²) in [6.45, 7) is 2.04. The zero-order valence-electron chi connectivity index (χ0n) is 14.2. The largest absolute Gasteiger partial charge is 0.462 e. The standard InChI is InChI=1S/C20H21NO4/c1-2-24-19(22)18(14-13-16-9-5-3-6-10-16)21-20(23)25-15-17-11-7-4-8-12-17/h3-12H,2,13-15H2,1H3. The number of carbonyl (C=O) groups excluding carboxylic acids is 2. The molecule has 0 aromatic heterocycles. The van der Waals surface area contributed by atoms with Crippen molar-refractivity contribution in [3.05, 3.63) is 71.8 Å². The second-order valence-electron chi connectivity index (χ2n) is 5.30. The van der Waals surface area contributed by atoms with Crippen molar-refractivity contribution in [3.63, 3.8) is 0 Å². The Labute approximate surface area is 147 Å². The van der Waals surface area contributed by atoms with Crippen molar-refractivity contribution in [1.29, 1.82) is 0 Å². The van der Waals surface area contributed by atoms with Crippen molar-refractivity contribution >= 4 is 17.8 Å². The molecule has 0 unspecified atom stereocenters. The molecule has 5 nitrogen and oxygen atoms in total. The second kappa shape index (κ2) is 10.0. The molecule has 25 heavy (non-hydrogen) atoms. The van der Waals surface area contributed by atoms with Gasteiger partial charge < -0.3 is 9.47 Å². The van der Waals surface area contributed by atoms with Gasteiger partial charge in [-0.25, -0.2) is 9.59 Å². The molecule has 0 spiro atoms. The number of ether oxygens (including phenoxy) is 2. The summed E-state index contributed by atoms with van der Waals surface area (Å²) in [6, 6.07) is 19.0. The minimum atomic E-state index is -0.792. The van der Waals surface area contributed by atoms with E-state index in [4.69, 9.17) is 9.47 Å². The predicted molar refractivity (Wildman–Crippen MR) is 95.5 cm³/mol. The normalized spacial score (nSPS) is 11.0. The van der Waals surface area contributed by atoms with Crippen LogP contribution in [0.2, 0.25) is 0 Å². The molecule has 0 N–H and O–H groups in total. The Kier molecular flexibility index (Phi) is 7.38. The zero-order valence-corrected chi connectivity index (χ0v) is 14.2. The van der Waals surface area contributed by atoms with Gasteiger partial charge in [0.2, 0.25) is 0 Å². The molecule has 0 atom stereocenters. The Balaban J connectivity index is 1.98. The van der Waals surface area contributed by atoms with Crippen LogP contribution in [0.3, 0.4) is 0 Å². The van der Waals surface area contributed by atoms with Crippen LogP contribution >= 0.6 is 0 Å². The van der Waals surface area contributed by atoms with Crippen LogP contribution in [0.15, 0.2) is 65.7 Å². The maximum absolute atomic E-state index is 12.0. The summed E-state index contributed by atoms with van der Waals surface area (Å²) < 4.78 is 10.1. The fraction of sp³-hybridized carbons (Fsp3) is 0.250. The van der Waals surface area contributed by atoms with E-state index in [1.165, 1.54) is 0 Å². The number of benzene rings is 2. The molecule has 1 amide bonds. The third kappa shape index (κ3) is 6.59. The van der Waals surface area contributed by atoms with E-state index in [9.17, 15) is 9.59 Å². The summed E-state index contributed by atoms with van der Waals surface area (Å²) in [4.78, 5) is 27.7. The van der Waals surface area contributed by atoms with Gasteiger partial charge in [0.1, 0.15) is 12.3 Å². The molecule has 0 fully saturated rings. The maximum atomic E-state index is 12.0. The van der Waals surface area contributed by atoms with E-state index in [1.54, 1.807) is 6.92 Å². The average molecular weight is 339 g/mol. The van der Waals surface area contributed by atoms with Crippen LogP contribution in [0, 0.1) is 0 Å². The molecule has 2 rings (SSSR count). The molecule has 5 heteroatoms. The smallest absolute Gasteiger partial charge is 0.434 e. The Morgan fingerprint density at radius 3 is 2.08 bits per heavy atom. The molecule has 0 aliphatic heterocycles. The summed E-state index contributed by atoms with van der Waals surface area (Å²) in [5.74, 6) is -0.588. The fourth-order valence-corrected chi connectivity index (χ4v) is 2.19. The summed E-state index contributed by atoms with van der Waals surface area (Å²) in [5.41, 5.74) is 1.98. The number of rotatable bonds is 7. The van der Waals surface area contributed by atoms with Crippen LogP contribution in [-0.4, -0.2) is 24.4 Å². The number of nitrogens with zero attached hydrogens (tertiary/aromatic N) is 1. The Bertz CT molecular complexity index is 711. The summed E-state index contributed by atoms with van der Waals surface area (Å²) >= 11 is 0. The number of hydrogen-bond acceptors (Lipinski definition) is 4. The minimum absolute atomic E-state index is 0.0729. The molecule has 130 valence electrons. The molecular weight excluding hydrogens is 318 g/mol. The SMILES string of the molecule is CCOC(=O)C(CCc1ccccc1)=NC(=O)OCc1ccccc1. The molecule has 0 aliphatic carbocycles. The van der Waals surface area contributed by atoms with Gasteiger partial charge in [-0.2, -0.15) is 4.99 Å². The first-order valence-electron chi connectivity index (χ1n) is 8.18. The van der Waals surface area contributed by atoms with Crippen LogP contribution in [0.1, 0.15) is 24.5 Å². The summed E-state index contributed by atoms with van der Waals surface area (Å²) in [7, 11) is 0. The highest BCUT2D eigenvalue weighted by Crippen LogP contribution is 2.06. The van der Waals surface area contributed by atoms with Crippen molar-refractivity contribution in [1.82, 2.24) is 0 Å². The van der Waals surface area contributed by atoms with Crippen molar-refractivity contribution in [3.8, 4) is 0 Å². The summed E-state index contributed by atoms with van der Waals surface area (Å²) in [5, 5.41) is 0. The first-order chi connectivity index (χ1) is 12.2. The van der Waals surface area contributed by atoms with E-state index in [-0.39, 0.29) is 18.9 Å². The molecule has 0 aliphatic rings. The average Bonchev–Trinajstić information content (AvgIpc) is 2.65. The first kappa shape index (κ1) is 18.4. The lowest BCUT2D eigenvalue weighted by Gasteiger charge is -2.07. The third-order valence-electron chi connectivity index (χ3n) is 3.44. The number of carbonyl (C=O) groups is 2. The Morgan fingerprint density at radius 1 is 0.880 bits per heavy atom. The molecule has 0 bridgehead atoms. The van der Waals surface area contributed by atoms with Gasteiger partial charge in [0.15, 0.2) is 0 Å². The van der Waals surface area contributed by atoms with Gasteiger partial charge in [-0.1, -0.05) is 60.7 Å². The molecule has 0 saturated heterocycles. The number of aliphatic imine (C=N–C) groups is 1. The van der Waals surface area contributed by atoms with E-state index in [2.05, 4.69) is 4.99 Å². The molecule has 0 heterocycles. The number of aryl methyl sites for hydroxylation is 1. The molecule has 0 radical (unpaired) electrons. The quantitative estimate of drug-likeness (QED) is 0.566. The van der Waals surface area contributed by atoms with E-state index in [1.807, 2.05) is 60.7 Å². The van der Waals surface area contributed by atoms with Crippen LogP contribution < -0.4 is 0 Å². The van der Waals surface area contributed by atoms with Crippen molar-refractivity contribution in [2.45, 2.75) is 26.4 Å². The second-order valence-corrected chi connectivity index (χ2v) is 5.30. The van der Waals surface area contributed by atoms with Crippen molar-refractivity contribution in [2.24, 2.45) is 4.99 Å². The lowest BCUT2D eigenvalue weighted by molar-refractivity contribution is -0.135. The fourth-order valence-electron chi connectivity index (χ4n) is 2.19. The van der Waals surface area contributed by atoms with Crippen molar-refractivity contribution < 1.29 is 19.1 Å². The third-order valence-corrected chi connectivity index (χ3v) is 3.44. The van der Waals surface area contributed by atoms with Crippen LogP contribution in [0.5, 0.6) is 0 Å². The molecular formula is C20H21NO4. The van der Waals surface area contributed by atoms with Gasteiger partial charge >= 0.3 is 12.1 Å². The van der Waals surface area contributed by atoms with Crippen LogP contribution in [-0.2, 0) is 27.3 Å². The monoisotopic (exact) mass is 339 g/mol. The zero-order chi connectivity index (χ0) is 17.9. The lowest BCUT2D eigenvalue weighted by atomic mass is 10.1. The Morgan fingerprint density at radius 2 is 1.48 bits per heavy atom. The van der Waals surface area contributed by atoms with E-state index in [0.717, 1.165) is 11.1 Å². The summed E-state index contributed by atoms with van der Waals surface area (Å²) in [6.07, 6.45) is 0.105. The maximum Gasteiger partial charge on any atom is 0.434 e. The van der Waals surface area contributed by atoms with Gasteiger partial charge in [0, 0.05) is 6.42 Å². The van der Waals surface area contributed by atoms with Gasteiger partial charge in [-0.3, -0.25) is 0 Å². The van der Waals surface area contributed by atoms with E-state index < -0.39 is 12.1 Å². The highest BCUT2D eigenvalue weighted by Gasteiger charge is 2.15. The van der Waals surface area contributed by atoms with E-state index in [0.29, 0.717) is 12.8 Å². The molecule has 2 aromatic carbocycles. The first-order valence-corrected chi connectivity index (χ1v) is 8.18. The number of amides is 1. The predicted octanol–water partition coefficient (Wildman–Crippen LogP) is 3.96. The van der Waals surface area contributed by atoms with Gasteiger partial charge in [0.25, 0.3) is 0 Å². The highest BCUT2D eigenvalue weighted by molar-refractivity contribution is 6.37. The molecule has 0 saturated carbocycles. The van der Waals surface area contributed by atoms with Gasteiger partial charge in [0.05, 0.1) is 6.61 Å². The highest BCUT2D eigenvalue weighted by atomic mass is 16.5. The minimum Gasteiger partial charge on any atom is -0.462 e. The Hall–Kier alpha value is -2.95. The molecule has 2 aromatic rings. The number of esters is 1. The van der Waals surface area contributed by atoms with Gasteiger partial charge in [-0.15, -0.1) is 0 Å². The topological polar surface area (TPSA) is 65.0 Å². The van der Waals surface area contributed by atoms with Crippen LogP contribution in [0.25, 0.3) is 0 Å². The van der Waals surface area contributed by atoms with E-state index >= 15 is 0 Å². The van der Waals surface area contributed by atoms with Gasteiger partial charge in [-0.05, 0) is 24.5 Å². The lowest BCUT2D eigenvalue weighted by Crippen LogP contribution is -2.20. The van der Waals surface area contributed by atoms with Crippen LogP contribution in [0.4, 0.5) is 4.79 Å².